The molecule has 2 heterocycles. The van der Waals surface area contributed by atoms with E-state index in [1.807, 2.05) is 6.92 Å². The van der Waals surface area contributed by atoms with Gasteiger partial charge in [0.05, 0.1) is 6.04 Å². The molecule has 2 atom stereocenters. The molecule has 0 aromatic rings. The molecule has 0 saturated carbocycles. The zero-order chi connectivity index (χ0) is 11.5. The molecule has 0 bridgehead atoms. The number of amidine groups is 1. The highest BCUT2D eigenvalue weighted by Crippen LogP contribution is 2.22. The Kier molecular flexibility index (Phi) is 3.66. The molecule has 2 rings (SSSR count). The second-order valence-corrected chi connectivity index (χ2v) is 4.88. The lowest BCUT2D eigenvalue weighted by Crippen LogP contribution is -2.58. The molecule has 2 saturated heterocycles. The van der Waals surface area contributed by atoms with Crippen LogP contribution < -0.4 is 5.73 Å². The van der Waals surface area contributed by atoms with E-state index in [0.717, 1.165) is 19.6 Å². The Morgan fingerprint density at radius 3 is 2.94 bits per heavy atom. The monoisotopic (exact) mass is 226 g/mol. The Balaban J connectivity index is 1.94. The molecule has 3 N–H and O–H groups in total. The number of piperidine rings is 1. The summed E-state index contributed by atoms with van der Waals surface area (Å²) in [4.78, 5) is 4.90. The molecule has 0 spiro atoms. The van der Waals surface area contributed by atoms with Crippen LogP contribution in [0.2, 0.25) is 0 Å². The summed E-state index contributed by atoms with van der Waals surface area (Å²) in [6.07, 6.45) is 3.97. The topological polar surface area (TPSA) is 65.1 Å². The quantitative estimate of drug-likeness (QED) is 0.307. The number of nitrogens with zero attached hydrogens (tertiary/aromatic N) is 3. The average Bonchev–Trinajstić information content (AvgIpc) is 2.36. The minimum absolute atomic E-state index is 0.0501. The molecule has 2 aliphatic rings. The Bertz CT molecular complexity index is 269. The standard InChI is InChI=1S/C11H22N4O/c1-9(11(12)13-16)15-7-6-14-5-3-2-4-10(14)8-15/h9-10,16H,2-8H2,1H3,(H2,12,13). The number of hydrogen-bond acceptors (Lipinski definition) is 4. The van der Waals surface area contributed by atoms with Gasteiger partial charge in [0.15, 0.2) is 5.84 Å². The Morgan fingerprint density at radius 2 is 2.19 bits per heavy atom. The highest BCUT2D eigenvalue weighted by Gasteiger charge is 2.31. The van der Waals surface area contributed by atoms with E-state index in [-0.39, 0.29) is 6.04 Å². The summed E-state index contributed by atoms with van der Waals surface area (Å²) in [6, 6.07) is 0.727. The van der Waals surface area contributed by atoms with Crippen molar-refractivity contribution in [2.75, 3.05) is 26.2 Å². The molecule has 0 radical (unpaired) electrons. The lowest BCUT2D eigenvalue weighted by atomic mass is 9.98. The van der Waals surface area contributed by atoms with Crippen LogP contribution in [0.5, 0.6) is 0 Å². The number of rotatable bonds is 2. The fourth-order valence-corrected chi connectivity index (χ4v) is 2.80. The van der Waals surface area contributed by atoms with Gasteiger partial charge >= 0.3 is 0 Å². The van der Waals surface area contributed by atoms with Crippen LogP contribution >= 0.6 is 0 Å². The average molecular weight is 226 g/mol. The van der Waals surface area contributed by atoms with Gasteiger partial charge in [-0.3, -0.25) is 9.80 Å². The third-order valence-electron chi connectivity index (χ3n) is 3.96. The number of fused-ring (bicyclic) bond motifs is 1. The molecule has 0 amide bonds. The van der Waals surface area contributed by atoms with Crippen LogP contribution in [0.15, 0.2) is 5.16 Å². The van der Waals surface area contributed by atoms with Gasteiger partial charge < -0.3 is 10.9 Å². The summed E-state index contributed by atoms with van der Waals surface area (Å²) in [6.45, 7) is 6.45. The van der Waals surface area contributed by atoms with E-state index in [9.17, 15) is 0 Å². The van der Waals surface area contributed by atoms with Crippen LogP contribution in [0.1, 0.15) is 26.2 Å². The first-order chi connectivity index (χ1) is 7.72. The molecule has 16 heavy (non-hydrogen) atoms. The van der Waals surface area contributed by atoms with Crippen LogP contribution in [-0.4, -0.2) is 59.1 Å². The third-order valence-corrected chi connectivity index (χ3v) is 3.96. The van der Waals surface area contributed by atoms with Gasteiger partial charge in [-0.25, -0.2) is 0 Å². The minimum atomic E-state index is 0.0501. The first-order valence-corrected chi connectivity index (χ1v) is 6.18. The molecule has 92 valence electrons. The Labute approximate surface area is 96.9 Å². The van der Waals surface area contributed by atoms with Crippen molar-refractivity contribution in [3.05, 3.63) is 0 Å². The molecule has 0 aromatic heterocycles. The normalized spacial score (nSPS) is 31.1. The van der Waals surface area contributed by atoms with Crippen molar-refractivity contribution in [1.29, 1.82) is 0 Å². The smallest absolute Gasteiger partial charge is 0.156 e. The number of nitrogens with two attached hydrogens (primary N) is 1. The van der Waals surface area contributed by atoms with Gasteiger partial charge in [0.2, 0.25) is 0 Å². The van der Waals surface area contributed by atoms with Crippen LogP contribution in [0.3, 0.4) is 0 Å². The van der Waals surface area contributed by atoms with Gasteiger partial charge in [0.1, 0.15) is 0 Å². The van der Waals surface area contributed by atoms with Gasteiger partial charge in [0.25, 0.3) is 0 Å². The molecular weight excluding hydrogens is 204 g/mol. The molecule has 0 aromatic carbocycles. The summed E-state index contributed by atoms with van der Waals surface area (Å²) >= 11 is 0. The summed E-state index contributed by atoms with van der Waals surface area (Å²) in [5.74, 6) is 0.323. The van der Waals surface area contributed by atoms with E-state index in [0.29, 0.717) is 11.9 Å². The highest BCUT2D eigenvalue weighted by atomic mass is 16.4. The zero-order valence-corrected chi connectivity index (χ0v) is 9.97. The van der Waals surface area contributed by atoms with Crippen molar-refractivity contribution in [1.82, 2.24) is 9.80 Å². The van der Waals surface area contributed by atoms with Gasteiger partial charge in [-0.05, 0) is 26.3 Å². The summed E-state index contributed by atoms with van der Waals surface area (Å²) in [5, 5.41) is 11.8. The van der Waals surface area contributed by atoms with E-state index in [4.69, 9.17) is 10.9 Å². The van der Waals surface area contributed by atoms with Crippen molar-refractivity contribution in [3.63, 3.8) is 0 Å². The molecular formula is C11H22N4O. The summed E-state index contributed by atoms with van der Waals surface area (Å²) in [7, 11) is 0. The Hall–Kier alpha value is -0.810. The fourth-order valence-electron chi connectivity index (χ4n) is 2.80. The van der Waals surface area contributed by atoms with E-state index in [1.54, 1.807) is 0 Å². The summed E-state index contributed by atoms with van der Waals surface area (Å²) in [5.41, 5.74) is 5.66. The second kappa shape index (κ2) is 5.01. The van der Waals surface area contributed by atoms with Gasteiger partial charge in [-0.1, -0.05) is 11.6 Å². The lowest BCUT2D eigenvalue weighted by molar-refractivity contribution is 0.0424. The van der Waals surface area contributed by atoms with Crippen LogP contribution in [0.4, 0.5) is 0 Å². The van der Waals surface area contributed by atoms with E-state index >= 15 is 0 Å². The molecule has 2 fully saturated rings. The van der Waals surface area contributed by atoms with E-state index in [1.165, 1.54) is 25.8 Å². The van der Waals surface area contributed by atoms with Gasteiger partial charge in [-0.2, -0.15) is 0 Å². The van der Waals surface area contributed by atoms with E-state index in [2.05, 4.69) is 15.0 Å². The van der Waals surface area contributed by atoms with Crippen molar-refractivity contribution in [3.8, 4) is 0 Å². The predicted molar refractivity (Wildman–Crippen MR) is 63.7 cm³/mol. The van der Waals surface area contributed by atoms with Gasteiger partial charge in [-0.15, -0.1) is 0 Å². The molecule has 2 unspecified atom stereocenters. The third kappa shape index (κ3) is 2.30. The van der Waals surface area contributed by atoms with Crippen molar-refractivity contribution in [2.45, 2.75) is 38.3 Å². The van der Waals surface area contributed by atoms with E-state index < -0.39 is 0 Å². The fraction of sp³-hybridized carbons (Fsp3) is 0.909. The number of piperazine rings is 1. The second-order valence-electron chi connectivity index (χ2n) is 4.88. The molecule has 2 aliphatic heterocycles. The molecule has 5 heteroatoms. The maximum absolute atomic E-state index is 8.69. The minimum Gasteiger partial charge on any atom is -0.409 e. The maximum Gasteiger partial charge on any atom is 0.156 e. The van der Waals surface area contributed by atoms with Crippen molar-refractivity contribution >= 4 is 5.84 Å². The maximum atomic E-state index is 8.69. The largest absolute Gasteiger partial charge is 0.409 e. The van der Waals surface area contributed by atoms with Crippen LogP contribution in [0, 0.1) is 0 Å². The van der Waals surface area contributed by atoms with Crippen molar-refractivity contribution in [2.24, 2.45) is 10.9 Å². The first kappa shape index (κ1) is 11.7. The van der Waals surface area contributed by atoms with Crippen LogP contribution in [-0.2, 0) is 0 Å². The zero-order valence-electron chi connectivity index (χ0n) is 9.97. The van der Waals surface area contributed by atoms with Crippen LogP contribution in [0.25, 0.3) is 0 Å². The van der Waals surface area contributed by atoms with Crippen molar-refractivity contribution < 1.29 is 5.21 Å². The first-order valence-electron chi connectivity index (χ1n) is 6.18. The number of hydrogen-bond donors (Lipinski definition) is 2. The predicted octanol–water partition coefficient (Wildman–Crippen LogP) is 0.291. The Morgan fingerprint density at radius 1 is 1.38 bits per heavy atom. The number of oxime groups is 1. The SMILES string of the molecule is CC(C(N)=NO)N1CCN2CCCCC2C1. The van der Waals surface area contributed by atoms with Gasteiger partial charge in [0, 0.05) is 25.7 Å². The highest BCUT2D eigenvalue weighted by molar-refractivity contribution is 5.84. The molecule has 5 nitrogen and oxygen atoms in total. The molecule has 0 aliphatic carbocycles. The lowest BCUT2D eigenvalue weighted by Gasteiger charge is -2.45. The summed E-state index contributed by atoms with van der Waals surface area (Å²) < 4.78 is 0.